The van der Waals surface area contributed by atoms with Crippen molar-refractivity contribution < 1.29 is 0 Å². The van der Waals surface area contributed by atoms with Gasteiger partial charge in [-0.25, -0.2) is 0 Å². The van der Waals surface area contributed by atoms with Crippen LogP contribution >= 0.6 is 0 Å². The van der Waals surface area contributed by atoms with Crippen LogP contribution in [0.15, 0.2) is 78.9 Å². The maximum absolute atomic E-state index is 3.49. The molecule has 0 radical (unpaired) electrons. The molecule has 0 saturated heterocycles. The molecule has 0 aromatic heterocycles. The smallest absolute Gasteiger partial charge is 0.0656 e. The van der Waals surface area contributed by atoms with E-state index < -0.39 is 8.07 Å². The van der Waals surface area contributed by atoms with E-state index >= 15 is 0 Å². The molecule has 0 atom stereocenters. The van der Waals surface area contributed by atoms with Crippen LogP contribution in [0.1, 0.15) is 11.1 Å². The third kappa shape index (κ3) is 3.67. The molecule has 0 aliphatic rings. The average Bonchev–Trinajstić information content (AvgIpc) is 2.60. The molecule has 118 valence electrons. The zero-order valence-corrected chi connectivity index (χ0v) is 15.5. The highest BCUT2D eigenvalue weighted by atomic mass is 28.3. The second-order valence-electron chi connectivity index (χ2n) is 6.96. The van der Waals surface area contributed by atoms with Gasteiger partial charge < -0.3 is 0 Å². The third-order valence-corrected chi connectivity index (χ3v) is 6.10. The molecule has 0 aliphatic heterocycles. The second kappa shape index (κ2) is 6.91. The van der Waals surface area contributed by atoms with Crippen molar-refractivity contribution in [2.45, 2.75) is 19.6 Å². The van der Waals surface area contributed by atoms with Gasteiger partial charge >= 0.3 is 0 Å². The SMILES string of the molecule is C[Si](C)(C)c1cccc(-c2ccccc2)c1C#Cc1ccccc1. The topological polar surface area (TPSA) is 0 Å². The van der Waals surface area contributed by atoms with E-state index in [4.69, 9.17) is 0 Å². The first-order valence-electron chi connectivity index (χ1n) is 8.32. The Balaban J connectivity index is 2.20. The molecule has 0 fully saturated rings. The van der Waals surface area contributed by atoms with Crippen LogP contribution < -0.4 is 5.19 Å². The summed E-state index contributed by atoms with van der Waals surface area (Å²) in [5.41, 5.74) is 4.71. The first-order chi connectivity index (χ1) is 11.6. The average molecular weight is 327 g/mol. The van der Waals surface area contributed by atoms with E-state index in [2.05, 4.69) is 92.1 Å². The summed E-state index contributed by atoms with van der Waals surface area (Å²) in [5.74, 6) is 6.84. The molecule has 24 heavy (non-hydrogen) atoms. The van der Waals surface area contributed by atoms with Crippen molar-refractivity contribution in [3.05, 3.63) is 90.0 Å². The molecule has 0 heterocycles. The largest absolute Gasteiger partial charge is 0.0792 e. The first-order valence-corrected chi connectivity index (χ1v) is 11.8. The van der Waals surface area contributed by atoms with Crippen LogP contribution in [-0.4, -0.2) is 8.07 Å². The lowest BCUT2D eigenvalue weighted by atomic mass is 9.99. The fraction of sp³-hybridized carbons (Fsp3) is 0.130. The lowest BCUT2D eigenvalue weighted by Gasteiger charge is -2.21. The molecule has 0 amide bonds. The molecule has 0 bridgehead atoms. The molecule has 3 rings (SSSR count). The van der Waals surface area contributed by atoms with E-state index in [0.717, 1.165) is 5.56 Å². The second-order valence-corrected chi connectivity index (χ2v) is 12.0. The monoisotopic (exact) mass is 326 g/mol. The quantitative estimate of drug-likeness (QED) is 0.443. The van der Waals surface area contributed by atoms with Gasteiger partial charge in [0.1, 0.15) is 0 Å². The van der Waals surface area contributed by atoms with Gasteiger partial charge in [0.15, 0.2) is 0 Å². The Bertz CT molecular complexity index is 876. The van der Waals surface area contributed by atoms with Crippen LogP contribution in [0.2, 0.25) is 19.6 Å². The van der Waals surface area contributed by atoms with Gasteiger partial charge in [0.05, 0.1) is 8.07 Å². The Hall–Kier alpha value is -2.56. The molecule has 0 nitrogen and oxygen atoms in total. The molecule has 0 N–H and O–H groups in total. The maximum Gasteiger partial charge on any atom is 0.0792 e. The molecule has 3 aromatic rings. The number of hydrogen-bond acceptors (Lipinski definition) is 0. The standard InChI is InChI=1S/C23H22Si/c1-24(2,3)23-16-10-15-21(20-13-8-5-9-14-20)22(23)18-17-19-11-6-4-7-12-19/h4-16H,1-3H3. The molecule has 1 heteroatoms. The van der Waals surface area contributed by atoms with E-state index in [1.54, 1.807) is 0 Å². The minimum Gasteiger partial charge on any atom is -0.0656 e. The Morgan fingerprint density at radius 1 is 0.625 bits per heavy atom. The molecular formula is C23H22Si. The van der Waals surface area contributed by atoms with Crippen molar-refractivity contribution in [2.75, 3.05) is 0 Å². The van der Waals surface area contributed by atoms with E-state index in [9.17, 15) is 0 Å². The van der Waals surface area contributed by atoms with Crippen molar-refractivity contribution in [2.24, 2.45) is 0 Å². The predicted molar refractivity (Wildman–Crippen MR) is 107 cm³/mol. The van der Waals surface area contributed by atoms with Crippen molar-refractivity contribution in [3.8, 4) is 23.0 Å². The fourth-order valence-corrected chi connectivity index (χ4v) is 4.37. The minimum atomic E-state index is -1.48. The van der Waals surface area contributed by atoms with Gasteiger partial charge in [-0.2, -0.15) is 0 Å². The molecular weight excluding hydrogens is 304 g/mol. The van der Waals surface area contributed by atoms with Gasteiger partial charge in [-0.15, -0.1) is 0 Å². The van der Waals surface area contributed by atoms with E-state index in [1.165, 1.54) is 21.9 Å². The van der Waals surface area contributed by atoms with Crippen molar-refractivity contribution in [1.29, 1.82) is 0 Å². The molecule has 0 spiro atoms. The Labute approximate surface area is 146 Å². The number of rotatable bonds is 2. The van der Waals surface area contributed by atoms with Crippen LogP contribution in [0.5, 0.6) is 0 Å². The normalized spacial score (nSPS) is 10.8. The number of benzene rings is 3. The van der Waals surface area contributed by atoms with E-state index in [1.807, 2.05) is 18.2 Å². The fourth-order valence-electron chi connectivity index (χ4n) is 2.83. The predicted octanol–water partition coefficient (Wildman–Crippen LogP) is 5.30. The summed E-state index contributed by atoms with van der Waals surface area (Å²) in [6, 6.07) is 27.4. The first kappa shape index (κ1) is 16.3. The Morgan fingerprint density at radius 3 is 1.88 bits per heavy atom. The van der Waals surface area contributed by atoms with E-state index in [-0.39, 0.29) is 0 Å². The van der Waals surface area contributed by atoms with Crippen molar-refractivity contribution >= 4 is 13.3 Å². The summed E-state index contributed by atoms with van der Waals surface area (Å²) >= 11 is 0. The zero-order valence-electron chi connectivity index (χ0n) is 14.5. The molecule has 0 saturated carbocycles. The van der Waals surface area contributed by atoms with Gasteiger partial charge in [-0.05, 0) is 28.4 Å². The summed E-state index contributed by atoms with van der Waals surface area (Å²) in [6.45, 7) is 7.14. The molecule has 0 unspecified atom stereocenters. The lowest BCUT2D eigenvalue weighted by molar-refractivity contribution is 1.58. The summed E-state index contributed by atoms with van der Waals surface area (Å²) in [6.07, 6.45) is 0. The van der Waals surface area contributed by atoms with Crippen LogP contribution in [0.25, 0.3) is 11.1 Å². The van der Waals surface area contributed by atoms with Gasteiger partial charge in [0.2, 0.25) is 0 Å². The van der Waals surface area contributed by atoms with Crippen LogP contribution in [0, 0.1) is 11.8 Å². The molecule has 3 aromatic carbocycles. The van der Waals surface area contributed by atoms with Crippen LogP contribution in [-0.2, 0) is 0 Å². The van der Waals surface area contributed by atoms with Gasteiger partial charge in [0.25, 0.3) is 0 Å². The summed E-state index contributed by atoms with van der Waals surface area (Å²) < 4.78 is 0. The third-order valence-electron chi connectivity index (χ3n) is 4.06. The van der Waals surface area contributed by atoms with Crippen molar-refractivity contribution in [3.63, 3.8) is 0 Å². The highest BCUT2D eigenvalue weighted by Gasteiger charge is 2.21. The highest BCUT2D eigenvalue weighted by Crippen LogP contribution is 2.23. The summed E-state index contributed by atoms with van der Waals surface area (Å²) in [5, 5.41) is 1.42. The van der Waals surface area contributed by atoms with Crippen LogP contribution in [0.4, 0.5) is 0 Å². The lowest BCUT2D eigenvalue weighted by Crippen LogP contribution is -2.39. The zero-order chi connectivity index (χ0) is 17.0. The highest BCUT2D eigenvalue weighted by molar-refractivity contribution is 6.89. The number of hydrogen-bond donors (Lipinski definition) is 0. The Kier molecular flexibility index (Phi) is 4.69. The van der Waals surface area contributed by atoms with E-state index in [0.29, 0.717) is 0 Å². The van der Waals surface area contributed by atoms with Gasteiger partial charge in [-0.1, -0.05) is 98.2 Å². The van der Waals surface area contributed by atoms with Crippen LogP contribution in [0.3, 0.4) is 0 Å². The minimum absolute atomic E-state index is 1.06. The van der Waals surface area contributed by atoms with Gasteiger partial charge in [0, 0.05) is 11.1 Å². The van der Waals surface area contributed by atoms with Crippen molar-refractivity contribution in [1.82, 2.24) is 0 Å². The molecule has 0 aliphatic carbocycles. The summed E-state index contributed by atoms with van der Waals surface area (Å²) in [4.78, 5) is 0. The summed E-state index contributed by atoms with van der Waals surface area (Å²) in [7, 11) is -1.48. The maximum atomic E-state index is 3.49. The Morgan fingerprint density at radius 2 is 1.25 bits per heavy atom. The van der Waals surface area contributed by atoms with Gasteiger partial charge in [-0.3, -0.25) is 0 Å².